The fourth-order valence-electron chi connectivity index (χ4n) is 1.25. The highest BCUT2D eigenvalue weighted by Crippen LogP contribution is 2.14. The standard InChI is InChI=1S/C8H16N2OS/c1-3-9-8(11)7-6-12-5-4-10(7)2/h7H,3-6H2,1-2H3,(H,9,11). The van der Waals surface area contributed by atoms with Crippen LogP contribution in [-0.2, 0) is 4.79 Å². The van der Waals surface area contributed by atoms with E-state index < -0.39 is 0 Å². The van der Waals surface area contributed by atoms with Gasteiger partial charge >= 0.3 is 0 Å². The Morgan fingerprint density at radius 3 is 3.08 bits per heavy atom. The van der Waals surface area contributed by atoms with Crippen LogP contribution < -0.4 is 5.32 Å². The summed E-state index contributed by atoms with van der Waals surface area (Å²) in [4.78, 5) is 13.6. The van der Waals surface area contributed by atoms with Crippen LogP contribution in [-0.4, -0.2) is 48.5 Å². The van der Waals surface area contributed by atoms with Crippen LogP contribution in [0, 0.1) is 0 Å². The van der Waals surface area contributed by atoms with Crippen molar-refractivity contribution in [2.75, 3.05) is 31.6 Å². The highest BCUT2D eigenvalue weighted by Gasteiger charge is 2.25. The van der Waals surface area contributed by atoms with E-state index in [9.17, 15) is 4.79 Å². The predicted molar refractivity (Wildman–Crippen MR) is 52.4 cm³/mol. The third-order valence-corrected chi connectivity index (χ3v) is 3.07. The lowest BCUT2D eigenvalue weighted by atomic mass is 10.2. The number of carbonyl (C=O) groups excluding carboxylic acids is 1. The highest BCUT2D eigenvalue weighted by molar-refractivity contribution is 7.99. The number of nitrogens with zero attached hydrogens (tertiary/aromatic N) is 1. The van der Waals surface area contributed by atoms with Crippen LogP contribution in [0.1, 0.15) is 6.92 Å². The summed E-state index contributed by atoms with van der Waals surface area (Å²) >= 11 is 1.86. The van der Waals surface area contributed by atoms with Gasteiger partial charge in [0.2, 0.25) is 5.91 Å². The topological polar surface area (TPSA) is 32.3 Å². The van der Waals surface area contributed by atoms with E-state index in [1.165, 1.54) is 0 Å². The first-order valence-electron chi connectivity index (χ1n) is 4.31. The first-order valence-corrected chi connectivity index (χ1v) is 5.47. The van der Waals surface area contributed by atoms with Crippen molar-refractivity contribution in [3.8, 4) is 0 Å². The van der Waals surface area contributed by atoms with E-state index in [2.05, 4.69) is 10.2 Å². The van der Waals surface area contributed by atoms with Crippen LogP contribution in [0.4, 0.5) is 0 Å². The number of hydrogen-bond acceptors (Lipinski definition) is 3. The number of amides is 1. The number of carbonyl (C=O) groups is 1. The number of rotatable bonds is 2. The van der Waals surface area contributed by atoms with Crippen LogP contribution in [0.2, 0.25) is 0 Å². The van der Waals surface area contributed by atoms with E-state index in [1.54, 1.807) is 0 Å². The van der Waals surface area contributed by atoms with E-state index >= 15 is 0 Å². The van der Waals surface area contributed by atoms with Gasteiger partial charge in [-0.1, -0.05) is 0 Å². The van der Waals surface area contributed by atoms with Gasteiger partial charge < -0.3 is 5.32 Å². The van der Waals surface area contributed by atoms with E-state index in [-0.39, 0.29) is 11.9 Å². The Bertz CT molecular complexity index is 163. The summed E-state index contributed by atoms with van der Waals surface area (Å²) < 4.78 is 0. The lowest BCUT2D eigenvalue weighted by Gasteiger charge is -2.30. The molecule has 1 atom stereocenters. The molecule has 1 fully saturated rings. The largest absolute Gasteiger partial charge is 0.355 e. The maximum absolute atomic E-state index is 11.4. The van der Waals surface area contributed by atoms with Gasteiger partial charge in [0.15, 0.2) is 0 Å². The lowest BCUT2D eigenvalue weighted by molar-refractivity contribution is -0.125. The lowest BCUT2D eigenvalue weighted by Crippen LogP contribution is -2.49. The summed E-state index contributed by atoms with van der Waals surface area (Å²) in [6.07, 6.45) is 0. The molecule has 1 unspecified atom stereocenters. The molecule has 0 aromatic heterocycles. The Kier molecular flexibility index (Phi) is 3.88. The molecule has 1 saturated heterocycles. The molecule has 1 rings (SSSR count). The zero-order valence-corrected chi connectivity index (χ0v) is 8.49. The molecule has 70 valence electrons. The molecular weight excluding hydrogens is 172 g/mol. The highest BCUT2D eigenvalue weighted by atomic mass is 32.2. The predicted octanol–water partition coefficient (Wildman–Crippen LogP) is 0.170. The Morgan fingerprint density at radius 2 is 2.50 bits per heavy atom. The zero-order chi connectivity index (χ0) is 8.97. The van der Waals surface area contributed by atoms with Crippen LogP contribution in [0.5, 0.6) is 0 Å². The summed E-state index contributed by atoms with van der Waals surface area (Å²) in [5.41, 5.74) is 0. The molecule has 0 radical (unpaired) electrons. The molecule has 4 heteroatoms. The molecule has 0 bridgehead atoms. The minimum absolute atomic E-state index is 0.0868. The molecule has 1 amide bonds. The van der Waals surface area contributed by atoms with Crippen molar-refractivity contribution in [2.45, 2.75) is 13.0 Å². The van der Waals surface area contributed by atoms with Crippen molar-refractivity contribution in [1.29, 1.82) is 0 Å². The third kappa shape index (κ3) is 2.38. The number of likely N-dealkylation sites (N-methyl/N-ethyl adjacent to an activating group) is 2. The van der Waals surface area contributed by atoms with Gasteiger partial charge in [0.1, 0.15) is 0 Å². The molecule has 12 heavy (non-hydrogen) atoms. The molecule has 1 N–H and O–H groups in total. The van der Waals surface area contributed by atoms with E-state index in [0.29, 0.717) is 0 Å². The zero-order valence-electron chi connectivity index (χ0n) is 7.67. The van der Waals surface area contributed by atoms with Crippen molar-refractivity contribution < 1.29 is 4.79 Å². The molecular formula is C8H16N2OS. The summed E-state index contributed by atoms with van der Waals surface area (Å²) in [6.45, 7) is 3.70. The second-order valence-electron chi connectivity index (χ2n) is 2.97. The van der Waals surface area contributed by atoms with Gasteiger partial charge in [-0.05, 0) is 14.0 Å². The SMILES string of the molecule is CCNC(=O)C1CSCCN1C. The molecule has 1 aliphatic rings. The normalized spacial score (nSPS) is 25.3. The molecule has 1 heterocycles. The summed E-state index contributed by atoms with van der Waals surface area (Å²) in [5.74, 6) is 2.25. The van der Waals surface area contributed by atoms with Gasteiger partial charge in [-0.15, -0.1) is 0 Å². The van der Waals surface area contributed by atoms with Gasteiger partial charge in [-0.25, -0.2) is 0 Å². The molecule has 0 aromatic carbocycles. The molecule has 0 spiro atoms. The van der Waals surface area contributed by atoms with Crippen LogP contribution >= 0.6 is 11.8 Å². The molecule has 3 nitrogen and oxygen atoms in total. The van der Waals surface area contributed by atoms with Crippen molar-refractivity contribution in [3.05, 3.63) is 0 Å². The van der Waals surface area contributed by atoms with Crippen LogP contribution in [0.3, 0.4) is 0 Å². The minimum atomic E-state index is 0.0868. The van der Waals surface area contributed by atoms with Gasteiger partial charge in [0.25, 0.3) is 0 Å². The molecule has 0 aromatic rings. The van der Waals surface area contributed by atoms with Crippen molar-refractivity contribution in [2.24, 2.45) is 0 Å². The summed E-state index contributed by atoms with van der Waals surface area (Å²) in [5, 5.41) is 2.85. The number of thioether (sulfide) groups is 1. The quantitative estimate of drug-likeness (QED) is 0.670. The molecule has 1 aliphatic heterocycles. The minimum Gasteiger partial charge on any atom is -0.355 e. The average molecular weight is 188 g/mol. The second-order valence-corrected chi connectivity index (χ2v) is 4.12. The fourth-order valence-corrected chi connectivity index (χ4v) is 2.47. The first kappa shape index (κ1) is 9.86. The van der Waals surface area contributed by atoms with E-state index in [1.807, 2.05) is 25.7 Å². The van der Waals surface area contributed by atoms with Crippen LogP contribution in [0.25, 0.3) is 0 Å². The maximum Gasteiger partial charge on any atom is 0.238 e. The monoisotopic (exact) mass is 188 g/mol. The van der Waals surface area contributed by atoms with Gasteiger partial charge in [0.05, 0.1) is 6.04 Å². The van der Waals surface area contributed by atoms with E-state index in [0.717, 1.165) is 24.6 Å². The Morgan fingerprint density at radius 1 is 1.75 bits per heavy atom. The van der Waals surface area contributed by atoms with Gasteiger partial charge in [0, 0.05) is 24.6 Å². The first-order chi connectivity index (χ1) is 5.75. The third-order valence-electron chi connectivity index (χ3n) is 2.05. The van der Waals surface area contributed by atoms with Crippen molar-refractivity contribution in [1.82, 2.24) is 10.2 Å². The smallest absolute Gasteiger partial charge is 0.238 e. The average Bonchev–Trinajstić information content (AvgIpc) is 2.05. The van der Waals surface area contributed by atoms with Gasteiger partial charge in [-0.3, -0.25) is 9.69 Å². The Hall–Kier alpha value is -0.220. The molecule has 0 saturated carbocycles. The summed E-state index contributed by atoms with van der Waals surface area (Å²) in [6, 6.07) is 0.0868. The Balaban J connectivity index is 2.42. The molecule has 0 aliphatic carbocycles. The van der Waals surface area contributed by atoms with Gasteiger partial charge in [-0.2, -0.15) is 11.8 Å². The van der Waals surface area contributed by atoms with Crippen molar-refractivity contribution in [3.63, 3.8) is 0 Å². The van der Waals surface area contributed by atoms with Crippen LogP contribution in [0.15, 0.2) is 0 Å². The second kappa shape index (κ2) is 4.72. The fraction of sp³-hybridized carbons (Fsp3) is 0.875. The van der Waals surface area contributed by atoms with E-state index in [4.69, 9.17) is 0 Å². The maximum atomic E-state index is 11.4. The van der Waals surface area contributed by atoms with Crippen molar-refractivity contribution >= 4 is 17.7 Å². The number of hydrogen-bond donors (Lipinski definition) is 1. The number of nitrogens with one attached hydrogen (secondary N) is 1. The Labute approximate surface area is 77.9 Å². The summed E-state index contributed by atoms with van der Waals surface area (Å²) in [7, 11) is 2.01.